The van der Waals surface area contributed by atoms with Gasteiger partial charge in [-0.3, -0.25) is 4.79 Å². The number of rotatable bonds is 5. The van der Waals surface area contributed by atoms with Crippen LogP contribution in [0.25, 0.3) is 20.8 Å². The average Bonchev–Trinajstić information content (AvgIpc) is 3.52. The van der Waals surface area contributed by atoms with Crippen LogP contribution in [0.4, 0.5) is 0 Å². The number of aliphatic hydroxyl groups is 1. The van der Waals surface area contributed by atoms with Crippen LogP contribution in [0.2, 0.25) is 4.34 Å². The minimum atomic E-state index is -0.580. The van der Waals surface area contributed by atoms with E-state index < -0.39 is 12.1 Å². The zero-order chi connectivity index (χ0) is 22.4. The number of aromatic nitrogens is 4. The van der Waals surface area contributed by atoms with Crippen molar-refractivity contribution in [1.29, 1.82) is 0 Å². The molecular formula is C22H22ClN5O2S2. The van der Waals surface area contributed by atoms with Crippen molar-refractivity contribution in [2.24, 2.45) is 5.92 Å². The smallest absolute Gasteiger partial charge is 0.248 e. The number of thiazole rings is 1. The molecule has 5 rings (SSSR count). The molecule has 1 aromatic carbocycles. The van der Waals surface area contributed by atoms with E-state index >= 15 is 0 Å². The summed E-state index contributed by atoms with van der Waals surface area (Å²) in [5, 5.41) is 19.8. The van der Waals surface area contributed by atoms with Crippen LogP contribution < -0.4 is 0 Å². The maximum Gasteiger partial charge on any atom is 0.248 e. The number of hydrogen-bond acceptors (Lipinski definition) is 7. The van der Waals surface area contributed by atoms with E-state index in [-0.39, 0.29) is 24.4 Å². The summed E-state index contributed by atoms with van der Waals surface area (Å²) in [6.45, 7) is 4.26. The van der Waals surface area contributed by atoms with Gasteiger partial charge in [0, 0.05) is 13.0 Å². The Kier molecular flexibility index (Phi) is 5.75. The van der Waals surface area contributed by atoms with E-state index in [0.29, 0.717) is 16.5 Å². The molecule has 10 heteroatoms. The maximum atomic E-state index is 13.8. The lowest BCUT2D eigenvalue weighted by Crippen LogP contribution is -2.40. The third kappa shape index (κ3) is 3.94. The first kappa shape index (κ1) is 21.5. The Bertz CT molecular complexity index is 1230. The molecule has 7 nitrogen and oxygen atoms in total. The molecule has 0 spiro atoms. The molecule has 1 amide bonds. The molecule has 1 N–H and O–H groups in total. The van der Waals surface area contributed by atoms with E-state index in [4.69, 9.17) is 16.6 Å². The SMILES string of the molecule is CC(C)[C@@H](C(=O)N1C[C@H](O)C[C@H]1c1nc2ccccc2s1)n1cc(-c2ccc(Cl)s2)nn1. The van der Waals surface area contributed by atoms with E-state index in [1.807, 2.05) is 50.2 Å². The summed E-state index contributed by atoms with van der Waals surface area (Å²) in [6.07, 6.45) is 1.69. The lowest BCUT2D eigenvalue weighted by Gasteiger charge is -2.29. The molecule has 0 bridgehead atoms. The number of thiophene rings is 1. The molecule has 166 valence electrons. The van der Waals surface area contributed by atoms with Gasteiger partial charge < -0.3 is 10.0 Å². The number of amides is 1. The lowest BCUT2D eigenvalue weighted by molar-refractivity contribution is -0.137. The van der Waals surface area contributed by atoms with Gasteiger partial charge in [-0.1, -0.05) is 42.8 Å². The minimum Gasteiger partial charge on any atom is -0.391 e. The third-order valence-electron chi connectivity index (χ3n) is 5.66. The fourth-order valence-electron chi connectivity index (χ4n) is 4.18. The molecule has 3 atom stereocenters. The summed E-state index contributed by atoms with van der Waals surface area (Å²) in [6, 6.07) is 10.9. The van der Waals surface area contributed by atoms with E-state index in [9.17, 15) is 9.90 Å². The molecule has 4 aromatic rings. The van der Waals surface area contributed by atoms with Gasteiger partial charge in [0.15, 0.2) is 0 Å². The molecule has 0 aliphatic carbocycles. The second-order valence-electron chi connectivity index (χ2n) is 8.29. The number of nitrogens with zero attached hydrogens (tertiary/aromatic N) is 5. The number of aliphatic hydroxyl groups excluding tert-OH is 1. The molecule has 3 aromatic heterocycles. The van der Waals surface area contributed by atoms with Crippen LogP contribution >= 0.6 is 34.3 Å². The molecule has 1 aliphatic rings. The van der Waals surface area contributed by atoms with Crippen LogP contribution in [0.1, 0.15) is 37.4 Å². The normalized spacial score (nSPS) is 19.8. The van der Waals surface area contributed by atoms with Gasteiger partial charge in [0.2, 0.25) is 5.91 Å². The van der Waals surface area contributed by atoms with Gasteiger partial charge in [-0.15, -0.1) is 27.8 Å². The number of halogens is 1. The Morgan fingerprint density at radius 3 is 2.75 bits per heavy atom. The van der Waals surface area contributed by atoms with Gasteiger partial charge in [-0.05, 0) is 30.2 Å². The first-order valence-electron chi connectivity index (χ1n) is 10.4. The van der Waals surface area contributed by atoms with Gasteiger partial charge in [0.25, 0.3) is 0 Å². The minimum absolute atomic E-state index is 0.0160. The number of carbonyl (C=O) groups is 1. The van der Waals surface area contributed by atoms with Crippen LogP contribution in [-0.4, -0.2) is 48.5 Å². The molecule has 0 unspecified atom stereocenters. The Morgan fingerprint density at radius 1 is 1.22 bits per heavy atom. The molecule has 4 heterocycles. The first-order chi connectivity index (χ1) is 15.4. The molecule has 1 fully saturated rings. The third-order valence-corrected chi connectivity index (χ3v) is 8.05. The van der Waals surface area contributed by atoms with Crippen LogP contribution in [-0.2, 0) is 4.79 Å². The second-order valence-corrected chi connectivity index (χ2v) is 11.1. The van der Waals surface area contributed by atoms with E-state index in [2.05, 4.69) is 10.3 Å². The summed E-state index contributed by atoms with van der Waals surface area (Å²) < 4.78 is 3.39. The zero-order valence-corrected chi connectivity index (χ0v) is 19.9. The monoisotopic (exact) mass is 487 g/mol. The van der Waals surface area contributed by atoms with Crippen molar-refractivity contribution < 1.29 is 9.90 Å². The van der Waals surface area contributed by atoms with Crippen LogP contribution in [0.3, 0.4) is 0 Å². The average molecular weight is 488 g/mol. The van der Waals surface area contributed by atoms with Crippen molar-refractivity contribution in [2.75, 3.05) is 6.54 Å². The van der Waals surface area contributed by atoms with Crippen molar-refractivity contribution in [3.8, 4) is 10.6 Å². The van der Waals surface area contributed by atoms with Crippen LogP contribution in [0.15, 0.2) is 42.6 Å². The molecular weight excluding hydrogens is 466 g/mol. The zero-order valence-electron chi connectivity index (χ0n) is 17.6. The number of fused-ring (bicyclic) bond motifs is 1. The summed E-state index contributed by atoms with van der Waals surface area (Å²) in [5.74, 6) is -0.0980. The highest BCUT2D eigenvalue weighted by atomic mass is 35.5. The topological polar surface area (TPSA) is 84.1 Å². The Morgan fingerprint density at radius 2 is 2.03 bits per heavy atom. The highest BCUT2D eigenvalue weighted by Crippen LogP contribution is 2.39. The predicted molar refractivity (Wildman–Crippen MR) is 127 cm³/mol. The molecule has 1 aliphatic heterocycles. The van der Waals surface area contributed by atoms with Crippen LogP contribution in [0, 0.1) is 5.92 Å². The summed E-state index contributed by atoms with van der Waals surface area (Å²) in [4.78, 5) is 21.2. The second kappa shape index (κ2) is 8.55. The predicted octanol–water partition coefficient (Wildman–Crippen LogP) is 4.80. The largest absolute Gasteiger partial charge is 0.391 e. The van der Waals surface area contributed by atoms with Gasteiger partial charge in [-0.25, -0.2) is 9.67 Å². The van der Waals surface area contributed by atoms with Gasteiger partial charge in [0.1, 0.15) is 16.7 Å². The van der Waals surface area contributed by atoms with Crippen LogP contribution in [0.5, 0.6) is 0 Å². The molecule has 0 radical (unpaired) electrons. The fourth-order valence-corrected chi connectivity index (χ4v) is 6.26. The molecule has 0 saturated carbocycles. The van der Waals surface area contributed by atoms with Gasteiger partial charge >= 0.3 is 0 Å². The Labute approximate surface area is 198 Å². The van der Waals surface area contributed by atoms with Gasteiger partial charge in [-0.2, -0.15) is 0 Å². The summed E-state index contributed by atoms with van der Waals surface area (Å²) >= 11 is 9.06. The number of hydrogen-bond donors (Lipinski definition) is 1. The standard InChI is InChI=1S/C22H22ClN5O2S2/c1-12(2)20(28-11-15(25-26-28)18-7-8-19(23)31-18)22(30)27-10-13(29)9-16(27)21-24-14-5-3-4-6-17(14)32-21/h3-8,11-13,16,20,29H,9-10H2,1-2H3/t13-,16+,20+/m1/s1. The number of para-hydroxylation sites is 1. The van der Waals surface area contributed by atoms with Crippen molar-refractivity contribution in [3.05, 3.63) is 51.9 Å². The highest BCUT2D eigenvalue weighted by Gasteiger charge is 2.41. The van der Waals surface area contributed by atoms with E-state index in [1.165, 1.54) is 11.3 Å². The number of likely N-dealkylation sites (tertiary alicyclic amines) is 1. The fraction of sp³-hybridized carbons (Fsp3) is 0.364. The Balaban J connectivity index is 1.46. The number of β-amino-alcohol motifs (C(OH)–C–C–N with tert-alkyl or cyclic N) is 1. The van der Waals surface area contributed by atoms with Crippen molar-refractivity contribution >= 4 is 50.4 Å². The Hall–Kier alpha value is -2.33. The van der Waals surface area contributed by atoms with Crippen molar-refractivity contribution in [2.45, 2.75) is 38.5 Å². The summed E-state index contributed by atoms with van der Waals surface area (Å²) in [7, 11) is 0. The molecule has 32 heavy (non-hydrogen) atoms. The molecule has 1 saturated heterocycles. The van der Waals surface area contributed by atoms with Gasteiger partial charge in [0.05, 0.1) is 37.8 Å². The maximum absolute atomic E-state index is 13.8. The van der Waals surface area contributed by atoms with Crippen molar-refractivity contribution in [3.63, 3.8) is 0 Å². The number of benzene rings is 1. The van der Waals surface area contributed by atoms with Crippen molar-refractivity contribution in [1.82, 2.24) is 24.9 Å². The van der Waals surface area contributed by atoms with E-state index in [0.717, 1.165) is 20.1 Å². The highest BCUT2D eigenvalue weighted by molar-refractivity contribution is 7.19. The number of carbonyl (C=O) groups excluding carboxylic acids is 1. The van der Waals surface area contributed by atoms with E-state index in [1.54, 1.807) is 27.1 Å². The first-order valence-corrected chi connectivity index (χ1v) is 12.4. The lowest BCUT2D eigenvalue weighted by atomic mass is 10.0. The summed E-state index contributed by atoms with van der Waals surface area (Å²) in [5.41, 5.74) is 1.60. The quantitative estimate of drug-likeness (QED) is 0.437.